The van der Waals surface area contributed by atoms with Crippen LogP contribution in [-0.4, -0.2) is 81.1 Å². The van der Waals surface area contributed by atoms with Gasteiger partial charge >= 0.3 is 6.09 Å². The van der Waals surface area contributed by atoms with Gasteiger partial charge in [-0.05, 0) is 34.1 Å². The number of ether oxygens (including phenoxy) is 2. The fourth-order valence-corrected chi connectivity index (χ4v) is 2.84. The van der Waals surface area contributed by atoms with Crippen molar-refractivity contribution in [2.45, 2.75) is 65.5 Å². The Morgan fingerprint density at radius 2 is 1.93 bits per heavy atom. The van der Waals surface area contributed by atoms with Gasteiger partial charge in [-0.1, -0.05) is 19.8 Å². The minimum atomic E-state index is -0.494. The van der Waals surface area contributed by atoms with Gasteiger partial charge in [-0.3, -0.25) is 9.89 Å². The van der Waals surface area contributed by atoms with Crippen LogP contribution in [0.4, 0.5) is 4.79 Å². The maximum atomic E-state index is 12.0. The molecule has 0 aromatic heterocycles. The molecule has 0 aromatic rings. The first kappa shape index (κ1) is 24.5. The summed E-state index contributed by atoms with van der Waals surface area (Å²) in [5.74, 6) is 0.794. The molecule has 164 valence electrons. The molecule has 0 saturated carbocycles. The van der Waals surface area contributed by atoms with Gasteiger partial charge in [0, 0.05) is 38.8 Å². The fourth-order valence-electron chi connectivity index (χ4n) is 2.84. The molecule has 1 unspecified atom stereocenters. The van der Waals surface area contributed by atoms with Crippen molar-refractivity contribution < 1.29 is 14.3 Å². The van der Waals surface area contributed by atoms with Gasteiger partial charge in [0.25, 0.3) is 0 Å². The number of hydrogen-bond acceptors (Lipinski definition) is 5. The monoisotopic (exact) mass is 399 g/mol. The molecule has 0 bridgehead atoms. The molecule has 1 heterocycles. The summed E-state index contributed by atoms with van der Waals surface area (Å²) in [6.45, 7) is 16.3. The van der Waals surface area contributed by atoms with Crippen molar-refractivity contribution in [2.24, 2.45) is 4.99 Å². The van der Waals surface area contributed by atoms with Gasteiger partial charge in [0.1, 0.15) is 5.60 Å². The van der Waals surface area contributed by atoms with Crippen LogP contribution >= 0.6 is 0 Å². The Bertz CT molecular complexity index is 459. The first-order chi connectivity index (χ1) is 13.3. The smallest absolute Gasteiger partial charge is 0.407 e. The fraction of sp³-hybridized carbons (Fsp3) is 0.900. The second-order valence-corrected chi connectivity index (χ2v) is 8.08. The number of carbonyl (C=O) groups is 1. The zero-order valence-electron chi connectivity index (χ0n) is 18.5. The van der Waals surface area contributed by atoms with Gasteiger partial charge < -0.3 is 25.4 Å². The SMILES string of the molecule is CCCCC(CNC(=O)OC(C)(C)C)NC(=NCCN1CCOCC1)NCC. The first-order valence-corrected chi connectivity index (χ1v) is 10.7. The number of nitrogens with one attached hydrogen (secondary N) is 3. The lowest BCUT2D eigenvalue weighted by molar-refractivity contribution is 0.0394. The number of amides is 1. The molecule has 1 amide bonds. The predicted molar refractivity (Wildman–Crippen MR) is 114 cm³/mol. The third-order valence-corrected chi connectivity index (χ3v) is 4.27. The Morgan fingerprint density at radius 3 is 2.54 bits per heavy atom. The maximum Gasteiger partial charge on any atom is 0.407 e. The van der Waals surface area contributed by atoms with Crippen LogP contribution in [0.3, 0.4) is 0 Å². The Balaban J connectivity index is 2.54. The summed E-state index contributed by atoms with van der Waals surface area (Å²) < 4.78 is 10.7. The van der Waals surface area contributed by atoms with E-state index in [0.717, 1.165) is 71.2 Å². The normalized spacial score (nSPS) is 17.1. The molecule has 1 saturated heterocycles. The van der Waals surface area contributed by atoms with Crippen LogP contribution in [0, 0.1) is 0 Å². The summed E-state index contributed by atoms with van der Waals surface area (Å²) in [6, 6.07) is 0.105. The van der Waals surface area contributed by atoms with Crippen LogP contribution in [-0.2, 0) is 9.47 Å². The molecule has 1 rings (SSSR count). The Morgan fingerprint density at radius 1 is 1.21 bits per heavy atom. The van der Waals surface area contributed by atoms with E-state index < -0.39 is 5.60 Å². The number of carbonyl (C=O) groups excluding carboxylic acids is 1. The van der Waals surface area contributed by atoms with Crippen molar-refractivity contribution in [2.75, 3.05) is 52.5 Å². The number of alkyl carbamates (subject to hydrolysis) is 1. The molecular weight excluding hydrogens is 358 g/mol. The van der Waals surface area contributed by atoms with Crippen molar-refractivity contribution in [1.29, 1.82) is 0 Å². The van der Waals surface area contributed by atoms with E-state index >= 15 is 0 Å². The maximum absolute atomic E-state index is 12.0. The van der Waals surface area contributed by atoms with E-state index in [4.69, 9.17) is 14.5 Å². The zero-order valence-corrected chi connectivity index (χ0v) is 18.5. The van der Waals surface area contributed by atoms with Crippen molar-refractivity contribution in [1.82, 2.24) is 20.9 Å². The summed E-state index contributed by atoms with van der Waals surface area (Å²) in [5, 5.41) is 9.65. The number of morpholine rings is 1. The van der Waals surface area contributed by atoms with E-state index in [9.17, 15) is 4.79 Å². The van der Waals surface area contributed by atoms with Crippen molar-refractivity contribution in [3.8, 4) is 0 Å². The molecule has 0 aromatic carbocycles. The highest BCUT2D eigenvalue weighted by atomic mass is 16.6. The lowest BCUT2D eigenvalue weighted by Crippen LogP contribution is -2.49. The summed E-state index contributed by atoms with van der Waals surface area (Å²) in [4.78, 5) is 19.1. The standard InChI is InChI=1S/C20H41N5O3/c1-6-8-9-17(16-23-19(26)28-20(3,4)5)24-18(21-7-2)22-10-11-25-12-14-27-15-13-25/h17H,6-16H2,1-5H3,(H,23,26)(H2,21,22,24). The molecule has 1 fully saturated rings. The van der Waals surface area contributed by atoms with Gasteiger partial charge in [-0.15, -0.1) is 0 Å². The van der Waals surface area contributed by atoms with Crippen LogP contribution in [0.1, 0.15) is 53.9 Å². The third-order valence-electron chi connectivity index (χ3n) is 4.27. The topological polar surface area (TPSA) is 87.2 Å². The first-order valence-electron chi connectivity index (χ1n) is 10.7. The summed E-state index contributed by atoms with van der Waals surface area (Å²) >= 11 is 0. The van der Waals surface area contributed by atoms with E-state index in [-0.39, 0.29) is 12.1 Å². The van der Waals surface area contributed by atoms with Gasteiger partial charge in [0.2, 0.25) is 0 Å². The van der Waals surface area contributed by atoms with Crippen LogP contribution in [0.2, 0.25) is 0 Å². The highest BCUT2D eigenvalue weighted by molar-refractivity contribution is 5.80. The van der Waals surface area contributed by atoms with Gasteiger partial charge in [-0.25, -0.2) is 4.79 Å². The molecule has 1 atom stereocenters. The molecule has 1 aliphatic heterocycles. The Kier molecular flexibility index (Phi) is 11.9. The van der Waals surface area contributed by atoms with Crippen molar-refractivity contribution in [3.63, 3.8) is 0 Å². The minimum Gasteiger partial charge on any atom is -0.444 e. The number of guanidine groups is 1. The second-order valence-electron chi connectivity index (χ2n) is 8.08. The summed E-state index contributed by atoms with van der Waals surface area (Å²) in [6.07, 6.45) is 2.76. The van der Waals surface area contributed by atoms with E-state index in [1.165, 1.54) is 0 Å². The average Bonchev–Trinajstić information content (AvgIpc) is 2.63. The predicted octanol–water partition coefficient (Wildman–Crippen LogP) is 1.96. The number of nitrogens with zero attached hydrogens (tertiary/aromatic N) is 2. The van der Waals surface area contributed by atoms with Crippen LogP contribution < -0.4 is 16.0 Å². The molecule has 3 N–H and O–H groups in total. The van der Waals surface area contributed by atoms with E-state index in [0.29, 0.717) is 6.54 Å². The van der Waals surface area contributed by atoms with Crippen LogP contribution in [0.25, 0.3) is 0 Å². The van der Waals surface area contributed by atoms with Gasteiger partial charge in [-0.2, -0.15) is 0 Å². The number of rotatable bonds is 10. The number of aliphatic imine (C=N–C) groups is 1. The zero-order chi connectivity index (χ0) is 20.8. The van der Waals surface area contributed by atoms with E-state index in [1.807, 2.05) is 20.8 Å². The summed E-state index contributed by atoms with van der Waals surface area (Å²) in [5.41, 5.74) is -0.494. The summed E-state index contributed by atoms with van der Waals surface area (Å²) in [7, 11) is 0. The highest BCUT2D eigenvalue weighted by Crippen LogP contribution is 2.07. The van der Waals surface area contributed by atoms with E-state index in [2.05, 4.69) is 34.7 Å². The molecule has 0 radical (unpaired) electrons. The Labute approximate surface area is 170 Å². The Hall–Kier alpha value is -1.54. The van der Waals surface area contributed by atoms with Crippen molar-refractivity contribution >= 4 is 12.1 Å². The molecule has 0 aliphatic carbocycles. The van der Waals surface area contributed by atoms with Crippen LogP contribution in [0.5, 0.6) is 0 Å². The lowest BCUT2D eigenvalue weighted by atomic mass is 10.1. The minimum absolute atomic E-state index is 0.105. The molecule has 0 spiro atoms. The van der Waals surface area contributed by atoms with Gasteiger partial charge in [0.05, 0.1) is 19.8 Å². The molecule has 1 aliphatic rings. The molecule has 8 nitrogen and oxygen atoms in total. The second kappa shape index (κ2) is 13.6. The lowest BCUT2D eigenvalue weighted by Gasteiger charge is -2.26. The number of unbranched alkanes of at least 4 members (excludes halogenated alkanes) is 1. The number of hydrogen-bond donors (Lipinski definition) is 3. The van der Waals surface area contributed by atoms with Gasteiger partial charge in [0.15, 0.2) is 5.96 Å². The van der Waals surface area contributed by atoms with E-state index in [1.54, 1.807) is 0 Å². The van der Waals surface area contributed by atoms with Crippen molar-refractivity contribution in [3.05, 3.63) is 0 Å². The molecule has 8 heteroatoms. The third kappa shape index (κ3) is 12.0. The molecular formula is C20H41N5O3. The quantitative estimate of drug-likeness (QED) is 0.384. The highest BCUT2D eigenvalue weighted by Gasteiger charge is 2.18. The molecule has 28 heavy (non-hydrogen) atoms. The largest absolute Gasteiger partial charge is 0.444 e. The average molecular weight is 400 g/mol. The van der Waals surface area contributed by atoms with Crippen LogP contribution in [0.15, 0.2) is 4.99 Å².